The normalized spacial score (nSPS) is 16.0. The topological polar surface area (TPSA) is 69.7 Å². The van der Waals surface area contributed by atoms with Crippen LogP contribution in [0.15, 0.2) is 24.3 Å². The number of nitrogens with zero attached hydrogens (tertiary/aromatic N) is 2. The molecule has 1 aliphatic rings. The largest absolute Gasteiger partial charge is 0.339 e. The van der Waals surface area contributed by atoms with Gasteiger partial charge in [-0.05, 0) is 31.4 Å². The van der Waals surface area contributed by atoms with Crippen molar-refractivity contribution in [3.63, 3.8) is 0 Å². The van der Waals surface area contributed by atoms with Crippen molar-refractivity contribution in [2.24, 2.45) is 0 Å². The zero-order valence-corrected chi connectivity index (χ0v) is 13.2. The fourth-order valence-electron chi connectivity index (χ4n) is 2.26. The number of likely N-dealkylation sites (tertiary alicyclic amines) is 1. The van der Waals surface area contributed by atoms with E-state index < -0.39 is 10.2 Å². The van der Waals surface area contributed by atoms with E-state index in [1.165, 1.54) is 14.1 Å². The van der Waals surface area contributed by atoms with E-state index in [-0.39, 0.29) is 5.91 Å². The van der Waals surface area contributed by atoms with Crippen LogP contribution in [-0.2, 0) is 10.2 Å². The molecule has 0 bridgehead atoms. The average molecular weight is 311 g/mol. The van der Waals surface area contributed by atoms with Gasteiger partial charge in [0.15, 0.2) is 0 Å². The van der Waals surface area contributed by atoms with Crippen molar-refractivity contribution in [1.82, 2.24) is 9.21 Å². The van der Waals surface area contributed by atoms with Crippen LogP contribution in [0, 0.1) is 0 Å². The Balaban J connectivity index is 2.26. The van der Waals surface area contributed by atoms with Crippen LogP contribution in [0.1, 0.15) is 29.6 Å². The summed E-state index contributed by atoms with van der Waals surface area (Å²) in [4.78, 5) is 14.3. The molecule has 7 heteroatoms. The second kappa shape index (κ2) is 6.44. The highest BCUT2D eigenvalue weighted by Crippen LogP contribution is 2.21. The van der Waals surface area contributed by atoms with Crippen molar-refractivity contribution in [3.05, 3.63) is 29.8 Å². The third-order valence-electron chi connectivity index (χ3n) is 3.52. The van der Waals surface area contributed by atoms with Gasteiger partial charge in [0.2, 0.25) is 0 Å². The van der Waals surface area contributed by atoms with E-state index in [0.717, 1.165) is 36.7 Å². The Hall–Kier alpha value is -1.60. The molecule has 1 heterocycles. The molecule has 1 N–H and O–H groups in total. The molecule has 0 radical (unpaired) electrons. The molecule has 0 atom stereocenters. The van der Waals surface area contributed by atoms with E-state index in [2.05, 4.69) is 4.72 Å². The SMILES string of the molecule is CN(C)S(=O)(=O)Nc1ccccc1C(=O)N1CCCCC1. The Morgan fingerprint density at radius 3 is 2.38 bits per heavy atom. The molecular formula is C14H21N3O3S. The van der Waals surface area contributed by atoms with Gasteiger partial charge in [-0.15, -0.1) is 0 Å². The van der Waals surface area contributed by atoms with Gasteiger partial charge in [-0.25, -0.2) is 0 Å². The highest BCUT2D eigenvalue weighted by atomic mass is 32.2. The third-order valence-corrected chi connectivity index (χ3v) is 4.96. The van der Waals surface area contributed by atoms with Gasteiger partial charge in [-0.1, -0.05) is 12.1 Å². The van der Waals surface area contributed by atoms with Crippen LogP contribution < -0.4 is 4.72 Å². The summed E-state index contributed by atoms with van der Waals surface area (Å²) in [6.07, 6.45) is 3.13. The van der Waals surface area contributed by atoms with E-state index in [9.17, 15) is 13.2 Å². The summed E-state index contributed by atoms with van der Waals surface area (Å²) in [5.74, 6) is -0.119. The molecule has 0 unspecified atom stereocenters. The summed E-state index contributed by atoms with van der Waals surface area (Å²) in [5.41, 5.74) is 0.714. The van der Waals surface area contributed by atoms with E-state index >= 15 is 0 Å². The van der Waals surface area contributed by atoms with Gasteiger partial charge in [-0.3, -0.25) is 9.52 Å². The standard InChI is InChI=1S/C14H21N3O3S/c1-16(2)21(19,20)15-13-9-5-4-8-12(13)14(18)17-10-6-3-7-11-17/h4-5,8-9,15H,3,6-7,10-11H2,1-2H3. The maximum atomic E-state index is 12.6. The second-order valence-electron chi connectivity index (χ2n) is 5.29. The summed E-state index contributed by atoms with van der Waals surface area (Å²) < 4.78 is 27.4. The molecule has 0 saturated carbocycles. The molecule has 1 fully saturated rings. The lowest BCUT2D eigenvalue weighted by Crippen LogP contribution is -2.36. The number of benzene rings is 1. The molecule has 0 spiro atoms. The van der Waals surface area contributed by atoms with Gasteiger partial charge in [0, 0.05) is 27.2 Å². The molecule has 0 aromatic heterocycles. The van der Waals surface area contributed by atoms with Gasteiger partial charge in [0.05, 0.1) is 11.3 Å². The van der Waals surface area contributed by atoms with Gasteiger partial charge in [0.25, 0.3) is 5.91 Å². The van der Waals surface area contributed by atoms with E-state index in [1.54, 1.807) is 29.2 Å². The highest BCUT2D eigenvalue weighted by Gasteiger charge is 2.22. The molecule has 2 rings (SSSR count). The van der Waals surface area contributed by atoms with Crippen molar-refractivity contribution >= 4 is 21.8 Å². The lowest BCUT2D eigenvalue weighted by Gasteiger charge is -2.27. The zero-order valence-electron chi connectivity index (χ0n) is 12.4. The van der Waals surface area contributed by atoms with Crippen LogP contribution in [0.25, 0.3) is 0 Å². The number of hydrogen-bond acceptors (Lipinski definition) is 3. The van der Waals surface area contributed by atoms with Gasteiger partial charge in [-0.2, -0.15) is 12.7 Å². The maximum Gasteiger partial charge on any atom is 0.301 e. The Bertz CT molecular complexity index is 608. The number of para-hydroxylation sites is 1. The number of carbonyl (C=O) groups is 1. The summed E-state index contributed by atoms with van der Waals surface area (Å²) >= 11 is 0. The monoisotopic (exact) mass is 311 g/mol. The van der Waals surface area contributed by atoms with E-state index in [1.807, 2.05) is 0 Å². The number of hydrogen-bond donors (Lipinski definition) is 1. The molecule has 1 aliphatic heterocycles. The molecular weight excluding hydrogens is 290 g/mol. The van der Waals surface area contributed by atoms with E-state index in [4.69, 9.17) is 0 Å². The Labute approximate surface area is 125 Å². The minimum atomic E-state index is -3.63. The van der Waals surface area contributed by atoms with Crippen LogP contribution in [0.4, 0.5) is 5.69 Å². The lowest BCUT2D eigenvalue weighted by molar-refractivity contribution is 0.0725. The third kappa shape index (κ3) is 3.74. The fourth-order valence-corrected chi connectivity index (χ4v) is 2.89. The molecule has 116 valence electrons. The number of nitrogens with one attached hydrogen (secondary N) is 1. The average Bonchev–Trinajstić information content (AvgIpc) is 2.47. The van der Waals surface area contributed by atoms with Crippen LogP contribution in [0.3, 0.4) is 0 Å². The summed E-state index contributed by atoms with van der Waals surface area (Å²) in [6, 6.07) is 6.72. The molecule has 21 heavy (non-hydrogen) atoms. The Morgan fingerprint density at radius 2 is 1.76 bits per heavy atom. The molecule has 6 nitrogen and oxygen atoms in total. The first-order valence-corrected chi connectivity index (χ1v) is 8.44. The number of amides is 1. The Kier molecular flexibility index (Phi) is 4.84. The maximum absolute atomic E-state index is 12.6. The minimum absolute atomic E-state index is 0.119. The number of piperidine rings is 1. The summed E-state index contributed by atoms with van der Waals surface area (Å²) in [7, 11) is -0.742. The zero-order chi connectivity index (χ0) is 15.5. The van der Waals surface area contributed by atoms with Gasteiger partial charge < -0.3 is 4.90 Å². The van der Waals surface area contributed by atoms with Crippen molar-refractivity contribution < 1.29 is 13.2 Å². The lowest BCUT2D eigenvalue weighted by atomic mass is 10.1. The van der Waals surface area contributed by atoms with Crippen molar-refractivity contribution in [2.45, 2.75) is 19.3 Å². The van der Waals surface area contributed by atoms with Crippen molar-refractivity contribution in [1.29, 1.82) is 0 Å². The van der Waals surface area contributed by atoms with Gasteiger partial charge >= 0.3 is 10.2 Å². The smallest absolute Gasteiger partial charge is 0.301 e. The Morgan fingerprint density at radius 1 is 1.14 bits per heavy atom. The van der Waals surface area contributed by atoms with Crippen LogP contribution in [-0.4, -0.2) is 50.7 Å². The van der Waals surface area contributed by atoms with Crippen LogP contribution >= 0.6 is 0 Å². The first-order chi connectivity index (χ1) is 9.92. The predicted octanol–water partition coefficient (Wildman–Crippen LogP) is 1.53. The number of anilines is 1. The molecule has 0 aliphatic carbocycles. The predicted molar refractivity (Wildman–Crippen MR) is 82.4 cm³/mol. The van der Waals surface area contributed by atoms with Crippen molar-refractivity contribution in [3.8, 4) is 0 Å². The minimum Gasteiger partial charge on any atom is -0.339 e. The number of rotatable bonds is 4. The molecule has 1 amide bonds. The van der Waals surface area contributed by atoms with Crippen LogP contribution in [0.5, 0.6) is 0 Å². The van der Waals surface area contributed by atoms with Crippen LogP contribution in [0.2, 0.25) is 0 Å². The first kappa shape index (κ1) is 15.8. The number of carbonyl (C=O) groups excluding carboxylic acids is 1. The quantitative estimate of drug-likeness (QED) is 0.917. The fraction of sp³-hybridized carbons (Fsp3) is 0.500. The van der Waals surface area contributed by atoms with Crippen molar-refractivity contribution in [2.75, 3.05) is 31.9 Å². The summed E-state index contributed by atoms with van der Waals surface area (Å²) in [6.45, 7) is 1.46. The van der Waals surface area contributed by atoms with E-state index in [0.29, 0.717) is 11.3 Å². The molecule has 1 saturated heterocycles. The summed E-state index contributed by atoms with van der Waals surface area (Å²) in [5, 5.41) is 0. The molecule has 1 aromatic rings. The van der Waals surface area contributed by atoms with Gasteiger partial charge in [0.1, 0.15) is 0 Å². The first-order valence-electron chi connectivity index (χ1n) is 7.00. The highest BCUT2D eigenvalue weighted by molar-refractivity contribution is 7.90. The molecule has 1 aromatic carbocycles. The second-order valence-corrected chi connectivity index (χ2v) is 7.17.